The fourth-order valence-corrected chi connectivity index (χ4v) is 4.55. The summed E-state index contributed by atoms with van der Waals surface area (Å²) >= 11 is 1.79. The summed E-state index contributed by atoms with van der Waals surface area (Å²) in [5.41, 5.74) is 1.41. The molecule has 3 heterocycles. The Bertz CT molecular complexity index is 711. The molecular weight excluding hydrogens is 284 g/mol. The number of hydrogen-bond acceptors (Lipinski definition) is 5. The van der Waals surface area contributed by atoms with Crippen molar-refractivity contribution in [1.82, 2.24) is 14.9 Å². The molecule has 1 amide bonds. The van der Waals surface area contributed by atoms with Crippen LogP contribution in [0.25, 0.3) is 10.2 Å². The second-order valence-electron chi connectivity index (χ2n) is 5.86. The lowest BCUT2D eigenvalue weighted by Gasteiger charge is -2.15. The van der Waals surface area contributed by atoms with Gasteiger partial charge < -0.3 is 10.2 Å². The highest BCUT2D eigenvalue weighted by molar-refractivity contribution is 7.19. The van der Waals surface area contributed by atoms with Gasteiger partial charge in [0.05, 0.1) is 5.39 Å². The number of fused-ring (bicyclic) bond motifs is 3. The van der Waals surface area contributed by atoms with E-state index in [2.05, 4.69) is 15.3 Å². The van der Waals surface area contributed by atoms with Gasteiger partial charge in [-0.05, 0) is 37.7 Å². The Kier molecular flexibility index (Phi) is 3.06. The number of amides is 1. The molecule has 0 aromatic carbocycles. The number of nitrogens with zero attached hydrogens (tertiary/aromatic N) is 3. The van der Waals surface area contributed by atoms with Crippen LogP contribution in [0.2, 0.25) is 0 Å². The number of carbonyl (C=O) groups excluding carboxylic acids is 1. The SMILES string of the molecule is CN1CCC(Nc2ncnc3sc4c(c23)CCCC4)C1=O. The van der Waals surface area contributed by atoms with Gasteiger partial charge in [0.1, 0.15) is 23.0 Å². The fraction of sp³-hybridized carbons (Fsp3) is 0.533. The van der Waals surface area contributed by atoms with Gasteiger partial charge >= 0.3 is 0 Å². The number of thiophene rings is 1. The van der Waals surface area contributed by atoms with Crippen LogP contribution in [0, 0.1) is 0 Å². The lowest BCUT2D eigenvalue weighted by Crippen LogP contribution is -2.31. The molecule has 1 saturated heterocycles. The quantitative estimate of drug-likeness (QED) is 0.924. The lowest BCUT2D eigenvalue weighted by molar-refractivity contribution is -0.127. The van der Waals surface area contributed by atoms with E-state index in [1.165, 1.54) is 23.3 Å². The number of rotatable bonds is 2. The summed E-state index contributed by atoms with van der Waals surface area (Å²) in [7, 11) is 1.85. The van der Waals surface area contributed by atoms with Crippen LogP contribution in [0.15, 0.2) is 6.33 Å². The number of likely N-dealkylation sites (tertiary alicyclic amines) is 1. The van der Waals surface area contributed by atoms with Crippen molar-refractivity contribution in [2.24, 2.45) is 0 Å². The number of aryl methyl sites for hydroxylation is 2. The molecule has 2 aromatic rings. The van der Waals surface area contributed by atoms with Gasteiger partial charge in [0.25, 0.3) is 0 Å². The zero-order valence-electron chi connectivity index (χ0n) is 12.1. The van der Waals surface area contributed by atoms with Crippen LogP contribution in [0.3, 0.4) is 0 Å². The highest BCUT2D eigenvalue weighted by Crippen LogP contribution is 2.38. The molecule has 1 aliphatic carbocycles. The topological polar surface area (TPSA) is 58.1 Å². The van der Waals surface area contributed by atoms with Crippen molar-refractivity contribution in [3.63, 3.8) is 0 Å². The third kappa shape index (κ3) is 2.09. The summed E-state index contributed by atoms with van der Waals surface area (Å²) in [6, 6.07) is -0.146. The van der Waals surface area contributed by atoms with Crippen LogP contribution in [0.4, 0.5) is 5.82 Å². The third-order valence-electron chi connectivity index (χ3n) is 4.49. The average molecular weight is 302 g/mol. The summed E-state index contributed by atoms with van der Waals surface area (Å²) in [5, 5.41) is 4.52. The Morgan fingerprint density at radius 3 is 3.00 bits per heavy atom. The Morgan fingerprint density at radius 2 is 2.19 bits per heavy atom. The summed E-state index contributed by atoms with van der Waals surface area (Å²) < 4.78 is 0. The van der Waals surface area contributed by atoms with Crippen LogP contribution in [0.1, 0.15) is 29.7 Å². The van der Waals surface area contributed by atoms with Crippen molar-refractivity contribution < 1.29 is 4.79 Å². The van der Waals surface area contributed by atoms with E-state index in [9.17, 15) is 4.79 Å². The van der Waals surface area contributed by atoms with E-state index >= 15 is 0 Å². The van der Waals surface area contributed by atoms with Crippen LogP contribution in [0.5, 0.6) is 0 Å². The molecule has 0 radical (unpaired) electrons. The molecule has 0 bridgehead atoms. The molecule has 2 aliphatic rings. The first-order valence-electron chi connectivity index (χ1n) is 7.51. The normalized spacial score (nSPS) is 21.9. The molecule has 1 aliphatic heterocycles. The van der Waals surface area contributed by atoms with Crippen molar-refractivity contribution in [1.29, 1.82) is 0 Å². The molecule has 21 heavy (non-hydrogen) atoms. The molecular formula is C15H18N4OS. The van der Waals surface area contributed by atoms with Gasteiger partial charge in [-0.25, -0.2) is 9.97 Å². The number of likely N-dealkylation sites (N-methyl/N-ethyl adjacent to an activating group) is 1. The number of anilines is 1. The monoisotopic (exact) mass is 302 g/mol. The van der Waals surface area contributed by atoms with E-state index in [1.807, 2.05) is 7.05 Å². The number of hydrogen-bond donors (Lipinski definition) is 1. The summed E-state index contributed by atoms with van der Waals surface area (Å²) in [6.07, 6.45) is 7.21. The molecule has 0 saturated carbocycles. The zero-order valence-corrected chi connectivity index (χ0v) is 12.9. The predicted molar refractivity (Wildman–Crippen MR) is 83.7 cm³/mol. The van der Waals surface area contributed by atoms with Gasteiger partial charge in [-0.15, -0.1) is 11.3 Å². The second kappa shape index (κ2) is 4.94. The Labute approximate surface area is 127 Å². The fourth-order valence-electron chi connectivity index (χ4n) is 3.32. The highest BCUT2D eigenvalue weighted by Gasteiger charge is 2.30. The number of carbonyl (C=O) groups is 1. The van der Waals surface area contributed by atoms with Crippen LogP contribution >= 0.6 is 11.3 Å². The van der Waals surface area contributed by atoms with Gasteiger partial charge in [0.2, 0.25) is 5.91 Å². The predicted octanol–water partition coefficient (Wildman–Crippen LogP) is 2.21. The Morgan fingerprint density at radius 1 is 1.33 bits per heavy atom. The van der Waals surface area contributed by atoms with Crippen molar-refractivity contribution in [2.75, 3.05) is 18.9 Å². The minimum atomic E-state index is -0.146. The largest absolute Gasteiger partial charge is 0.358 e. The first kappa shape index (κ1) is 13.0. The van der Waals surface area contributed by atoms with E-state index in [1.54, 1.807) is 22.6 Å². The first-order chi connectivity index (χ1) is 10.2. The smallest absolute Gasteiger partial charge is 0.244 e. The summed E-state index contributed by atoms with van der Waals surface area (Å²) in [5.74, 6) is 0.999. The lowest BCUT2D eigenvalue weighted by atomic mass is 9.97. The maximum absolute atomic E-state index is 12.1. The minimum absolute atomic E-state index is 0.146. The van der Waals surface area contributed by atoms with Crippen LogP contribution in [-0.2, 0) is 17.6 Å². The van der Waals surface area contributed by atoms with Gasteiger partial charge in [-0.1, -0.05) is 0 Å². The first-order valence-corrected chi connectivity index (χ1v) is 8.32. The van der Waals surface area contributed by atoms with E-state index in [0.717, 1.165) is 41.8 Å². The van der Waals surface area contributed by atoms with Crippen molar-refractivity contribution >= 4 is 33.3 Å². The summed E-state index contributed by atoms with van der Waals surface area (Å²) in [4.78, 5) is 25.2. The van der Waals surface area contributed by atoms with Crippen molar-refractivity contribution in [3.05, 3.63) is 16.8 Å². The van der Waals surface area contributed by atoms with E-state index in [0.29, 0.717) is 0 Å². The van der Waals surface area contributed by atoms with E-state index in [4.69, 9.17) is 0 Å². The highest BCUT2D eigenvalue weighted by atomic mass is 32.1. The molecule has 1 N–H and O–H groups in total. The van der Waals surface area contributed by atoms with Crippen molar-refractivity contribution in [2.45, 2.75) is 38.1 Å². The molecule has 0 spiro atoms. The molecule has 4 rings (SSSR count). The average Bonchev–Trinajstić information content (AvgIpc) is 3.03. The maximum Gasteiger partial charge on any atom is 0.244 e. The molecule has 1 atom stereocenters. The minimum Gasteiger partial charge on any atom is -0.358 e. The standard InChI is InChI=1S/C15H18N4OS/c1-19-7-6-10(15(19)20)18-13-12-9-4-2-3-5-11(9)21-14(12)17-8-16-13/h8,10H,2-7H2,1H3,(H,16,17,18). The van der Waals surface area contributed by atoms with Gasteiger partial charge in [0, 0.05) is 18.5 Å². The van der Waals surface area contributed by atoms with E-state index in [-0.39, 0.29) is 11.9 Å². The molecule has 6 heteroatoms. The zero-order chi connectivity index (χ0) is 14.4. The number of aromatic nitrogens is 2. The Balaban J connectivity index is 1.75. The van der Waals surface area contributed by atoms with Gasteiger partial charge in [-0.2, -0.15) is 0 Å². The summed E-state index contributed by atoms with van der Waals surface area (Å²) in [6.45, 7) is 0.812. The second-order valence-corrected chi connectivity index (χ2v) is 6.94. The van der Waals surface area contributed by atoms with Crippen molar-refractivity contribution in [3.8, 4) is 0 Å². The molecule has 110 valence electrons. The van der Waals surface area contributed by atoms with Crippen LogP contribution < -0.4 is 5.32 Å². The molecule has 1 fully saturated rings. The van der Waals surface area contributed by atoms with Gasteiger partial charge in [0.15, 0.2) is 0 Å². The number of nitrogens with one attached hydrogen (secondary N) is 1. The Hall–Kier alpha value is -1.69. The van der Waals surface area contributed by atoms with Crippen LogP contribution in [-0.4, -0.2) is 40.4 Å². The molecule has 1 unspecified atom stereocenters. The molecule has 5 nitrogen and oxygen atoms in total. The third-order valence-corrected chi connectivity index (χ3v) is 5.69. The molecule has 2 aromatic heterocycles. The van der Waals surface area contributed by atoms with E-state index < -0.39 is 0 Å². The maximum atomic E-state index is 12.1. The van der Waals surface area contributed by atoms with Gasteiger partial charge in [-0.3, -0.25) is 4.79 Å².